The van der Waals surface area contributed by atoms with Crippen molar-refractivity contribution in [2.24, 2.45) is 5.41 Å². The molecule has 0 fully saturated rings. The van der Waals surface area contributed by atoms with E-state index in [0.717, 1.165) is 17.7 Å². The van der Waals surface area contributed by atoms with Gasteiger partial charge in [0.2, 0.25) is 0 Å². The zero-order chi connectivity index (χ0) is 12.0. The molecule has 16 heavy (non-hydrogen) atoms. The Morgan fingerprint density at radius 3 is 2.56 bits per heavy atom. The summed E-state index contributed by atoms with van der Waals surface area (Å²) in [5, 5.41) is 0. The van der Waals surface area contributed by atoms with Crippen LogP contribution in [0.2, 0.25) is 0 Å². The number of benzene rings is 1. The van der Waals surface area contributed by atoms with Crippen molar-refractivity contribution in [2.75, 3.05) is 7.11 Å². The first kappa shape index (κ1) is 12.8. The summed E-state index contributed by atoms with van der Waals surface area (Å²) in [5.41, 5.74) is 1.54. The molecule has 0 saturated carbocycles. The number of allylic oxidation sites excluding steroid dienone is 1. The zero-order valence-corrected chi connectivity index (χ0v) is 10.8. The second-order valence-electron chi connectivity index (χ2n) is 4.87. The molecular formula is C15H22O. The van der Waals surface area contributed by atoms with E-state index in [9.17, 15) is 0 Å². The largest absolute Gasteiger partial charge is 0.496 e. The molecule has 0 atom stereocenters. The van der Waals surface area contributed by atoms with Crippen molar-refractivity contribution in [3.8, 4) is 5.75 Å². The molecule has 0 aliphatic rings. The van der Waals surface area contributed by atoms with Crippen molar-refractivity contribution in [3.05, 3.63) is 35.9 Å². The third kappa shape index (κ3) is 3.73. The first-order valence-corrected chi connectivity index (χ1v) is 5.88. The lowest BCUT2D eigenvalue weighted by Crippen LogP contribution is -2.07. The first-order chi connectivity index (χ1) is 7.59. The van der Waals surface area contributed by atoms with Gasteiger partial charge in [-0.2, -0.15) is 0 Å². The highest BCUT2D eigenvalue weighted by molar-refractivity contribution is 5.57. The van der Waals surface area contributed by atoms with E-state index in [-0.39, 0.29) is 0 Å². The summed E-state index contributed by atoms with van der Waals surface area (Å²) in [5.74, 6) is 0.938. The van der Waals surface area contributed by atoms with E-state index < -0.39 is 0 Å². The molecule has 0 aromatic heterocycles. The van der Waals surface area contributed by atoms with E-state index in [4.69, 9.17) is 4.74 Å². The lowest BCUT2D eigenvalue weighted by molar-refractivity contribution is 0.357. The van der Waals surface area contributed by atoms with Crippen LogP contribution in [-0.4, -0.2) is 7.11 Å². The number of methoxy groups -OCH3 is 1. The summed E-state index contributed by atoms with van der Waals surface area (Å²) in [6.45, 7) is 6.82. The molecule has 0 bridgehead atoms. The summed E-state index contributed by atoms with van der Waals surface area (Å²) < 4.78 is 5.30. The second kappa shape index (κ2) is 5.74. The Hall–Kier alpha value is -1.24. The summed E-state index contributed by atoms with van der Waals surface area (Å²) in [4.78, 5) is 0. The standard InChI is InChI=1S/C15H22O/c1-5-15(2,3)12-8-10-13-9-6-7-11-14(13)16-4/h6-11H,5,12H2,1-4H3/b10-8+. The zero-order valence-electron chi connectivity index (χ0n) is 10.8. The highest BCUT2D eigenvalue weighted by atomic mass is 16.5. The Balaban J connectivity index is 2.69. The van der Waals surface area contributed by atoms with Crippen LogP contribution in [-0.2, 0) is 0 Å². The van der Waals surface area contributed by atoms with Crippen LogP contribution >= 0.6 is 0 Å². The van der Waals surface area contributed by atoms with Gasteiger partial charge in [0.25, 0.3) is 0 Å². The molecule has 0 aliphatic carbocycles. The van der Waals surface area contributed by atoms with Crippen LogP contribution in [0, 0.1) is 5.41 Å². The maximum atomic E-state index is 5.30. The van der Waals surface area contributed by atoms with Crippen molar-refractivity contribution in [2.45, 2.75) is 33.6 Å². The Morgan fingerprint density at radius 2 is 1.94 bits per heavy atom. The van der Waals surface area contributed by atoms with Gasteiger partial charge in [-0.15, -0.1) is 0 Å². The molecular weight excluding hydrogens is 196 g/mol. The van der Waals surface area contributed by atoms with Crippen LogP contribution in [0.15, 0.2) is 30.3 Å². The van der Waals surface area contributed by atoms with E-state index in [0.29, 0.717) is 5.41 Å². The van der Waals surface area contributed by atoms with Crippen molar-refractivity contribution < 1.29 is 4.74 Å². The van der Waals surface area contributed by atoms with Gasteiger partial charge < -0.3 is 4.74 Å². The lowest BCUT2D eigenvalue weighted by Gasteiger charge is -2.19. The topological polar surface area (TPSA) is 9.23 Å². The number of hydrogen-bond donors (Lipinski definition) is 0. The fourth-order valence-electron chi connectivity index (χ4n) is 1.45. The van der Waals surface area contributed by atoms with E-state index in [1.165, 1.54) is 6.42 Å². The molecule has 1 aromatic carbocycles. The third-order valence-corrected chi connectivity index (χ3v) is 3.06. The summed E-state index contributed by atoms with van der Waals surface area (Å²) in [6.07, 6.45) is 6.68. The number of hydrogen-bond acceptors (Lipinski definition) is 1. The van der Waals surface area contributed by atoms with Crippen LogP contribution in [0.3, 0.4) is 0 Å². The molecule has 1 aromatic rings. The highest BCUT2D eigenvalue weighted by Gasteiger charge is 2.12. The van der Waals surface area contributed by atoms with Crippen molar-refractivity contribution >= 4 is 6.08 Å². The minimum atomic E-state index is 0.387. The maximum absolute atomic E-state index is 5.30. The Kier molecular flexibility index (Phi) is 4.60. The smallest absolute Gasteiger partial charge is 0.126 e. The molecule has 0 spiro atoms. The monoisotopic (exact) mass is 218 g/mol. The fraction of sp³-hybridized carbons (Fsp3) is 0.467. The molecule has 0 N–H and O–H groups in total. The lowest BCUT2D eigenvalue weighted by atomic mass is 9.86. The number of para-hydroxylation sites is 1. The van der Waals surface area contributed by atoms with Gasteiger partial charge in [0.1, 0.15) is 5.75 Å². The van der Waals surface area contributed by atoms with Gasteiger partial charge in [0, 0.05) is 5.56 Å². The second-order valence-corrected chi connectivity index (χ2v) is 4.87. The van der Waals surface area contributed by atoms with Gasteiger partial charge in [-0.05, 0) is 17.9 Å². The molecule has 1 rings (SSSR count). The average Bonchev–Trinajstić information content (AvgIpc) is 2.29. The Bertz CT molecular complexity index is 350. The molecule has 0 aliphatic heterocycles. The van der Waals surface area contributed by atoms with Crippen LogP contribution in [0.4, 0.5) is 0 Å². The van der Waals surface area contributed by atoms with Crippen LogP contribution < -0.4 is 4.74 Å². The van der Waals surface area contributed by atoms with Gasteiger partial charge in [-0.25, -0.2) is 0 Å². The van der Waals surface area contributed by atoms with Crippen LogP contribution in [0.1, 0.15) is 39.2 Å². The molecule has 0 unspecified atom stereocenters. The SMILES string of the molecule is CCC(C)(C)C/C=C/c1ccccc1OC. The number of rotatable bonds is 5. The van der Waals surface area contributed by atoms with E-state index in [1.807, 2.05) is 18.2 Å². The molecule has 88 valence electrons. The first-order valence-electron chi connectivity index (χ1n) is 5.88. The van der Waals surface area contributed by atoms with Gasteiger partial charge >= 0.3 is 0 Å². The predicted octanol–water partition coefficient (Wildman–Crippen LogP) is 4.53. The quantitative estimate of drug-likeness (QED) is 0.705. The normalized spacial score (nSPS) is 12.0. The molecule has 1 nitrogen and oxygen atoms in total. The third-order valence-electron chi connectivity index (χ3n) is 3.06. The van der Waals surface area contributed by atoms with Crippen molar-refractivity contribution in [3.63, 3.8) is 0 Å². The van der Waals surface area contributed by atoms with Gasteiger partial charge in [-0.1, -0.05) is 57.5 Å². The minimum Gasteiger partial charge on any atom is -0.496 e. The summed E-state index contributed by atoms with van der Waals surface area (Å²) in [6, 6.07) is 8.10. The minimum absolute atomic E-state index is 0.387. The van der Waals surface area contributed by atoms with E-state index >= 15 is 0 Å². The Morgan fingerprint density at radius 1 is 1.25 bits per heavy atom. The van der Waals surface area contributed by atoms with Crippen LogP contribution in [0.25, 0.3) is 6.08 Å². The van der Waals surface area contributed by atoms with Gasteiger partial charge in [0.05, 0.1) is 7.11 Å². The highest BCUT2D eigenvalue weighted by Crippen LogP contribution is 2.26. The molecule has 0 radical (unpaired) electrons. The van der Waals surface area contributed by atoms with Crippen molar-refractivity contribution in [1.29, 1.82) is 0 Å². The van der Waals surface area contributed by atoms with Gasteiger partial charge in [-0.3, -0.25) is 0 Å². The van der Waals surface area contributed by atoms with E-state index in [1.54, 1.807) is 7.11 Å². The van der Waals surface area contributed by atoms with Crippen LogP contribution in [0.5, 0.6) is 5.75 Å². The molecule has 1 heteroatoms. The molecule has 0 amide bonds. The average molecular weight is 218 g/mol. The predicted molar refractivity (Wildman–Crippen MR) is 70.7 cm³/mol. The fourth-order valence-corrected chi connectivity index (χ4v) is 1.45. The molecule has 0 heterocycles. The van der Waals surface area contributed by atoms with Crippen molar-refractivity contribution in [1.82, 2.24) is 0 Å². The van der Waals surface area contributed by atoms with E-state index in [2.05, 4.69) is 39.0 Å². The molecule has 0 saturated heterocycles. The number of ether oxygens (including phenoxy) is 1. The summed E-state index contributed by atoms with van der Waals surface area (Å²) >= 11 is 0. The van der Waals surface area contributed by atoms with Gasteiger partial charge in [0.15, 0.2) is 0 Å². The summed E-state index contributed by atoms with van der Waals surface area (Å²) in [7, 11) is 1.71. The Labute approximate surface area is 99.1 Å². The maximum Gasteiger partial charge on any atom is 0.126 e.